The lowest BCUT2D eigenvalue weighted by Gasteiger charge is -2.26. The Morgan fingerprint density at radius 2 is 1.93 bits per heavy atom. The van der Waals surface area contributed by atoms with Crippen molar-refractivity contribution in [3.63, 3.8) is 0 Å². The van der Waals surface area contributed by atoms with Gasteiger partial charge in [0.15, 0.2) is 5.82 Å². The number of anilines is 1. The van der Waals surface area contributed by atoms with Crippen molar-refractivity contribution in [1.82, 2.24) is 24.4 Å². The number of likely N-dealkylation sites (tertiary alicyclic amines) is 1. The summed E-state index contributed by atoms with van der Waals surface area (Å²) in [7, 11) is 0. The minimum Gasteiger partial charge on any atom is -0.339 e. The number of aryl methyl sites for hydroxylation is 1. The topological polar surface area (TPSA) is 71.2 Å². The van der Waals surface area contributed by atoms with Gasteiger partial charge in [0, 0.05) is 30.8 Å². The molecular formula is C32H42FN7. The minimum atomic E-state index is -0.356. The zero-order valence-electron chi connectivity index (χ0n) is 24.7. The number of allylic oxidation sites excluding steroid dienone is 4. The molecule has 8 heteroatoms. The number of unbranched alkanes of at least 4 members (excludes halogenated alkanes) is 1. The van der Waals surface area contributed by atoms with Gasteiger partial charge in [-0.25, -0.2) is 19.3 Å². The molecule has 0 bridgehead atoms. The highest BCUT2D eigenvalue weighted by atomic mass is 19.1. The van der Waals surface area contributed by atoms with E-state index in [1.165, 1.54) is 18.0 Å². The summed E-state index contributed by atoms with van der Waals surface area (Å²) < 4.78 is 17.1. The second-order valence-corrected chi connectivity index (χ2v) is 10.5. The number of fused-ring (bicyclic) bond motifs is 1. The van der Waals surface area contributed by atoms with Crippen molar-refractivity contribution in [2.24, 2.45) is 4.99 Å². The number of aromatic nitrogens is 4. The summed E-state index contributed by atoms with van der Waals surface area (Å²) in [6.07, 6.45) is 14.0. The fourth-order valence-corrected chi connectivity index (χ4v) is 5.07. The van der Waals surface area contributed by atoms with Crippen LogP contribution in [-0.4, -0.2) is 50.3 Å². The van der Waals surface area contributed by atoms with E-state index in [0.717, 1.165) is 68.1 Å². The summed E-state index contributed by atoms with van der Waals surface area (Å²) in [5.41, 5.74) is 5.72. The Balaban J connectivity index is 1.54. The second-order valence-electron chi connectivity index (χ2n) is 10.5. The van der Waals surface area contributed by atoms with Gasteiger partial charge in [0.25, 0.3) is 0 Å². The molecule has 0 radical (unpaired) electrons. The molecule has 2 aromatic heterocycles. The first kappa shape index (κ1) is 29.3. The average Bonchev–Trinajstić information content (AvgIpc) is 3.30. The first-order chi connectivity index (χ1) is 19.3. The van der Waals surface area contributed by atoms with Gasteiger partial charge in [0.1, 0.15) is 23.5 Å². The fourth-order valence-electron chi connectivity index (χ4n) is 5.07. The van der Waals surface area contributed by atoms with E-state index < -0.39 is 0 Å². The highest BCUT2D eigenvalue weighted by molar-refractivity contribution is 5.85. The van der Waals surface area contributed by atoms with Crippen LogP contribution in [0.1, 0.15) is 72.2 Å². The molecule has 1 aliphatic heterocycles. The summed E-state index contributed by atoms with van der Waals surface area (Å²) >= 11 is 0. The van der Waals surface area contributed by atoms with Crippen molar-refractivity contribution in [1.29, 1.82) is 0 Å². The number of nitrogens with zero attached hydrogens (tertiary/aromatic N) is 6. The molecule has 0 amide bonds. The first-order valence-corrected chi connectivity index (χ1v) is 14.4. The lowest BCUT2D eigenvalue weighted by molar-refractivity contribution is 0.270. The van der Waals surface area contributed by atoms with Gasteiger partial charge in [0.2, 0.25) is 0 Å². The summed E-state index contributed by atoms with van der Waals surface area (Å²) in [6, 6.07) is 5.44. The van der Waals surface area contributed by atoms with Gasteiger partial charge in [0.05, 0.1) is 28.8 Å². The molecule has 1 fully saturated rings. The standard InChI is InChI=1S/C32H42FN7/c1-7-10-11-27(16-24-12-14-39(9-3)15-13-24)34-20-26(8-2)38-31-19-29(35-21-36-31)25-17-28(33)32-30(18-25)40(22(4)5)23(6)37-32/h8,11,16-22H,7,9-10,12-15H2,1-6H3,(H,35,36,38)/b26-8+,27-11+,34-20+. The van der Waals surface area contributed by atoms with Gasteiger partial charge in [-0.2, -0.15) is 0 Å². The average molecular weight is 544 g/mol. The van der Waals surface area contributed by atoms with Crippen LogP contribution in [0.25, 0.3) is 22.3 Å². The number of halogens is 1. The zero-order chi connectivity index (χ0) is 28.6. The molecule has 1 saturated heterocycles. The molecule has 0 unspecified atom stereocenters. The zero-order valence-corrected chi connectivity index (χ0v) is 24.7. The summed E-state index contributed by atoms with van der Waals surface area (Å²) in [6.45, 7) is 15.7. The quantitative estimate of drug-likeness (QED) is 0.266. The third kappa shape index (κ3) is 7.10. The number of hydrogen-bond donors (Lipinski definition) is 1. The highest BCUT2D eigenvalue weighted by Gasteiger charge is 2.16. The van der Waals surface area contributed by atoms with Crippen LogP contribution in [0.5, 0.6) is 0 Å². The van der Waals surface area contributed by atoms with Gasteiger partial charge < -0.3 is 14.8 Å². The molecule has 7 nitrogen and oxygen atoms in total. The van der Waals surface area contributed by atoms with E-state index in [2.05, 4.69) is 65.0 Å². The Morgan fingerprint density at radius 1 is 1.15 bits per heavy atom. The van der Waals surface area contributed by atoms with Crippen LogP contribution in [0.2, 0.25) is 0 Å². The van der Waals surface area contributed by atoms with Crippen molar-refractivity contribution >= 4 is 23.1 Å². The molecule has 3 aromatic rings. The molecule has 1 aromatic carbocycles. The van der Waals surface area contributed by atoms with E-state index in [1.807, 2.05) is 42.8 Å². The number of imidazole rings is 1. The van der Waals surface area contributed by atoms with Crippen molar-refractivity contribution in [2.75, 3.05) is 25.0 Å². The monoisotopic (exact) mass is 543 g/mol. The van der Waals surface area contributed by atoms with Crippen LogP contribution in [0.4, 0.5) is 10.2 Å². The highest BCUT2D eigenvalue weighted by Crippen LogP contribution is 2.29. The van der Waals surface area contributed by atoms with Crippen LogP contribution in [0, 0.1) is 12.7 Å². The van der Waals surface area contributed by atoms with Crippen LogP contribution < -0.4 is 5.32 Å². The van der Waals surface area contributed by atoms with Crippen LogP contribution in [-0.2, 0) is 0 Å². The van der Waals surface area contributed by atoms with E-state index in [-0.39, 0.29) is 11.9 Å². The lowest BCUT2D eigenvalue weighted by atomic mass is 10.0. The van der Waals surface area contributed by atoms with E-state index in [4.69, 9.17) is 4.99 Å². The van der Waals surface area contributed by atoms with Crippen molar-refractivity contribution in [2.45, 2.75) is 73.3 Å². The number of hydrogen-bond acceptors (Lipinski definition) is 6. The molecule has 0 atom stereocenters. The molecule has 1 N–H and O–H groups in total. The number of benzene rings is 1. The maximum absolute atomic E-state index is 15.1. The van der Waals surface area contributed by atoms with Gasteiger partial charge in [-0.05, 0) is 71.7 Å². The molecule has 0 aliphatic carbocycles. The predicted octanol–water partition coefficient (Wildman–Crippen LogP) is 7.63. The van der Waals surface area contributed by atoms with E-state index in [9.17, 15) is 0 Å². The van der Waals surface area contributed by atoms with E-state index in [1.54, 1.807) is 0 Å². The fraction of sp³-hybridized carbons (Fsp3) is 0.438. The number of piperidine rings is 1. The lowest BCUT2D eigenvalue weighted by Crippen LogP contribution is -2.30. The molecular weight excluding hydrogens is 501 g/mol. The Morgan fingerprint density at radius 3 is 2.60 bits per heavy atom. The first-order valence-electron chi connectivity index (χ1n) is 14.4. The molecule has 0 saturated carbocycles. The van der Waals surface area contributed by atoms with Gasteiger partial charge in [-0.1, -0.05) is 38.0 Å². The minimum absolute atomic E-state index is 0.162. The van der Waals surface area contributed by atoms with Crippen molar-refractivity contribution in [3.8, 4) is 11.3 Å². The second kappa shape index (κ2) is 13.6. The van der Waals surface area contributed by atoms with Crippen molar-refractivity contribution in [3.05, 3.63) is 71.4 Å². The van der Waals surface area contributed by atoms with Gasteiger partial charge in [-0.3, -0.25) is 4.99 Å². The number of aliphatic imine (C=N–C) groups is 1. The molecule has 40 heavy (non-hydrogen) atoms. The summed E-state index contributed by atoms with van der Waals surface area (Å²) in [4.78, 5) is 20.6. The normalized spacial score (nSPS) is 15.6. The Labute approximate surface area is 237 Å². The predicted molar refractivity (Wildman–Crippen MR) is 164 cm³/mol. The number of nitrogens with one attached hydrogen (secondary N) is 1. The molecule has 3 heterocycles. The smallest absolute Gasteiger partial charge is 0.151 e. The van der Waals surface area contributed by atoms with Gasteiger partial charge >= 0.3 is 0 Å². The molecule has 212 valence electrons. The summed E-state index contributed by atoms with van der Waals surface area (Å²) in [5.74, 6) is 1.05. The maximum atomic E-state index is 15.1. The molecule has 0 spiro atoms. The van der Waals surface area contributed by atoms with E-state index in [0.29, 0.717) is 22.6 Å². The molecule has 1 aliphatic rings. The third-order valence-electron chi connectivity index (χ3n) is 7.28. The van der Waals surface area contributed by atoms with Crippen LogP contribution in [0.3, 0.4) is 0 Å². The Bertz CT molecular complexity index is 1430. The number of rotatable bonds is 10. The summed E-state index contributed by atoms with van der Waals surface area (Å²) in [5, 5.41) is 3.35. The van der Waals surface area contributed by atoms with Gasteiger partial charge in [-0.15, -0.1) is 0 Å². The Kier molecular flexibility index (Phi) is 9.98. The maximum Gasteiger partial charge on any atom is 0.151 e. The van der Waals surface area contributed by atoms with Crippen LogP contribution >= 0.6 is 0 Å². The van der Waals surface area contributed by atoms with E-state index >= 15 is 4.39 Å². The Hall–Kier alpha value is -3.65. The third-order valence-corrected chi connectivity index (χ3v) is 7.28. The molecule has 4 rings (SSSR count). The van der Waals surface area contributed by atoms with Crippen molar-refractivity contribution < 1.29 is 4.39 Å². The SMILES string of the molecule is C\C=C(/C=N/C(C=C1CCN(CC)CC1)=C/CCC)Nc1cc(-c2cc(F)c3nc(C)n(C(C)C)c3c2)ncn1. The van der Waals surface area contributed by atoms with Crippen LogP contribution in [0.15, 0.2) is 64.7 Å². The largest absolute Gasteiger partial charge is 0.339 e.